The molecule has 1 fully saturated rings. The molecular formula is C20H25N5O4S. The number of carbonyl (C=O) groups excluding carboxylic acids is 1. The van der Waals surface area contributed by atoms with Gasteiger partial charge in [-0.3, -0.25) is 9.69 Å². The summed E-state index contributed by atoms with van der Waals surface area (Å²) in [5.41, 5.74) is 1.96. The third kappa shape index (κ3) is 4.70. The number of nitrogens with zero attached hydrogens (tertiary/aromatic N) is 5. The van der Waals surface area contributed by atoms with Gasteiger partial charge in [0.05, 0.1) is 18.2 Å². The van der Waals surface area contributed by atoms with Crippen LogP contribution in [0.25, 0.3) is 0 Å². The molecule has 0 N–H and O–H groups in total. The van der Waals surface area contributed by atoms with Crippen LogP contribution in [0, 0.1) is 25.2 Å². The second kappa shape index (κ2) is 8.95. The normalized spacial score (nSPS) is 15.4. The molecule has 1 aliphatic rings. The van der Waals surface area contributed by atoms with Crippen molar-refractivity contribution in [2.24, 2.45) is 0 Å². The van der Waals surface area contributed by atoms with Gasteiger partial charge in [-0.1, -0.05) is 17.3 Å². The van der Waals surface area contributed by atoms with E-state index in [2.05, 4.69) is 11.2 Å². The monoisotopic (exact) mass is 431 g/mol. The minimum atomic E-state index is -3.69. The molecule has 0 radical (unpaired) electrons. The number of sulfonamides is 1. The fraction of sp³-hybridized carbons (Fsp3) is 0.450. The van der Waals surface area contributed by atoms with Crippen LogP contribution >= 0.6 is 0 Å². The Labute approximate surface area is 176 Å². The zero-order chi connectivity index (χ0) is 21.9. The van der Waals surface area contributed by atoms with Gasteiger partial charge < -0.3 is 9.42 Å². The molecule has 0 atom stereocenters. The van der Waals surface area contributed by atoms with Gasteiger partial charge in [-0.25, -0.2) is 8.42 Å². The van der Waals surface area contributed by atoms with Crippen molar-refractivity contribution in [1.82, 2.24) is 19.3 Å². The molecule has 3 rings (SSSR count). The second-order valence-electron chi connectivity index (χ2n) is 7.42. The Hall–Kier alpha value is -2.74. The van der Waals surface area contributed by atoms with E-state index in [0.717, 1.165) is 5.56 Å². The van der Waals surface area contributed by atoms with Gasteiger partial charge >= 0.3 is 0 Å². The summed E-state index contributed by atoms with van der Waals surface area (Å²) >= 11 is 0. The van der Waals surface area contributed by atoms with Gasteiger partial charge in [0.15, 0.2) is 5.76 Å². The zero-order valence-electron chi connectivity index (χ0n) is 17.3. The molecule has 160 valence electrons. The Kier molecular flexibility index (Phi) is 6.55. The third-order valence-corrected chi connectivity index (χ3v) is 7.24. The second-order valence-corrected chi connectivity index (χ2v) is 9.29. The molecule has 9 nitrogen and oxygen atoms in total. The third-order valence-electron chi connectivity index (χ3n) is 5.10. The Morgan fingerprint density at radius 2 is 1.83 bits per heavy atom. The number of carbonyl (C=O) groups is 1. The maximum atomic E-state index is 12.9. The molecule has 0 aliphatic carbocycles. The lowest BCUT2D eigenvalue weighted by Crippen LogP contribution is -2.52. The summed E-state index contributed by atoms with van der Waals surface area (Å²) in [7, 11) is -1.84. The Bertz CT molecular complexity index is 1030. The zero-order valence-corrected chi connectivity index (χ0v) is 18.1. The van der Waals surface area contributed by atoms with Gasteiger partial charge in [0.2, 0.25) is 15.9 Å². The van der Waals surface area contributed by atoms with Crippen LogP contribution in [0.15, 0.2) is 33.7 Å². The van der Waals surface area contributed by atoms with E-state index >= 15 is 0 Å². The highest BCUT2D eigenvalue weighted by atomic mass is 32.2. The van der Waals surface area contributed by atoms with Crippen molar-refractivity contribution in [3.63, 3.8) is 0 Å². The fourth-order valence-corrected chi connectivity index (χ4v) is 5.25. The molecule has 2 aromatic rings. The first-order valence-corrected chi connectivity index (χ1v) is 11.0. The Balaban J connectivity index is 1.54. The average molecular weight is 432 g/mol. The van der Waals surface area contributed by atoms with E-state index in [0.29, 0.717) is 30.9 Å². The van der Waals surface area contributed by atoms with Crippen molar-refractivity contribution < 1.29 is 17.7 Å². The molecule has 2 heterocycles. The summed E-state index contributed by atoms with van der Waals surface area (Å²) in [6.07, 6.45) is 0. The van der Waals surface area contributed by atoms with Crippen LogP contribution in [0.1, 0.15) is 22.6 Å². The maximum absolute atomic E-state index is 12.9. The number of amides is 1. The minimum Gasteiger partial charge on any atom is -0.360 e. The van der Waals surface area contributed by atoms with E-state index in [1.54, 1.807) is 30.9 Å². The summed E-state index contributed by atoms with van der Waals surface area (Å²) in [5.74, 6) is 0.232. The van der Waals surface area contributed by atoms with Crippen LogP contribution in [-0.4, -0.2) is 73.4 Å². The predicted octanol–water partition coefficient (Wildman–Crippen LogP) is 1.13. The molecular weight excluding hydrogens is 406 g/mol. The number of hydrogen-bond acceptors (Lipinski definition) is 7. The van der Waals surface area contributed by atoms with E-state index in [1.165, 1.54) is 4.31 Å². The number of aryl methyl sites for hydroxylation is 2. The molecule has 0 saturated carbocycles. The van der Waals surface area contributed by atoms with Crippen molar-refractivity contribution in [2.45, 2.75) is 25.3 Å². The first-order chi connectivity index (χ1) is 14.2. The molecule has 1 aliphatic heterocycles. The highest BCUT2D eigenvalue weighted by Gasteiger charge is 2.34. The minimum absolute atomic E-state index is 0.0412. The standard InChI is InChI=1S/C20H25N5O4S/c1-15-20(16(2)29-22-15)30(27,28)25-10-8-24(9-11-25)19(26)14-23(3)13-18-6-4-17(12-21)5-7-18/h4-7H,8-11,13-14H2,1-3H3. The summed E-state index contributed by atoms with van der Waals surface area (Å²) in [4.78, 5) is 16.3. The number of nitriles is 1. The van der Waals surface area contributed by atoms with E-state index in [9.17, 15) is 13.2 Å². The topological polar surface area (TPSA) is 111 Å². The molecule has 0 spiro atoms. The van der Waals surface area contributed by atoms with Gasteiger partial charge in [-0.2, -0.15) is 9.57 Å². The number of piperazine rings is 1. The van der Waals surface area contributed by atoms with E-state index in [-0.39, 0.29) is 36.2 Å². The number of likely N-dealkylation sites (N-methyl/N-ethyl adjacent to an activating group) is 1. The molecule has 0 unspecified atom stereocenters. The lowest BCUT2D eigenvalue weighted by molar-refractivity contribution is -0.133. The lowest BCUT2D eigenvalue weighted by atomic mass is 10.1. The summed E-state index contributed by atoms with van der Waals surface area (Å²) in [6, 6.07) is 9.33. The van der Waals surface area contributed by atoms with Gasteiger partial charge in [0, 0.05) is 32.7 Å². The average Bonchev–Trinajstić information content (AvgIpc) is 3.07. The van der Waals surface area contributed by atoms with Crippen molar-refractivity contribution in [1.29, 1.82) is 5.26 Å². The quantitative estimate of drug-likeness (QED) is 0.674. The first-order valence-electron chi connectivity index (χ1n) is 9.60. The van der Waals surface area contributed by atoms with Crippen LogP contribution in [0.4, 0.5) is 0 Å². The molecule has 10 heteroatoms. The maximum Gasteiger partial charge on any atom is 0.248 e. The first kappa shape index (κ1) is 22.0. The summed E-state index contributed by atoms with van der Waals surface area (Å²) in [5, 5.41) is 12.6. The molecule has 1 amide bonds. The number of rotatable bonds is 6. The highest BCUT2D eigenvalue weighted by Crippen LogP contribution is 2.24. The lowest BCUT2D eigenvalue weighted by Gasteiger charge is -2.34. The molecule has 1 saturated heterocycles. The van der Waals surface area contributed by atoms with Crippen LogP contribution in [0.3, 0.4) is 0 Å². The van der Waals surface area contributed by atoms with Crippen molar-refractivity contribution in [3.8, 4) is 6.07 Å². The molecule has 30 heavy (non-hydrogen) atoms. The summed E-state index contributed by atoms with van der Waals surface area (Å²) in [6.45, 7) is 5.14. The molecule has 1 aromatic heterocycles. The van der Waals surface area contributed by atoms with Crippen LogP contribution in [-0.2, 0) is 21.4 Å². The van der Waals surface area contributed by atoms with Crippen molar-refractivity contribution in [3.05, 3.63) is 46.8 Å². The van der Waals surface area contributed by atoms with E-state index in [4.69, 9.17) is 9.78 Å². The van der Waals surface area contributed by atoms with Crippen LogP contribution in [0.2, 0.25) is 0 Å². The van der Waals surface area contributed by atoms with Crippen molar-refractivity contribution in [2.75, 3.05) is 39.8 Å². The number of benzene rings is 1. The summed E-state index contributed by atoms with van der Waals surface area (Å²) < 4.78 is 32.1. The van der Waals surface area contributed by atoms with E-state index < -0.39 is 10.0 Å². The smallest absolute Gasteiger partial charge is 0.248 e. The Morgan fingerprint density at radius 3 is 2.37 bits per heavy atom. The Morgan fingerprint density at radius 1 is 1.20 bits per heavy atom. The predicted molar refractivity (Wildman–Crippen MR) is 109 cm³/mol. The SMILES string of the molecule is Cc1noc(C)c1S(=O)(=O)N1CCN(C(=O)CN(C)Cc2ccc(C#N)cc2)CC1. The highest BCUT2D eigenvalue weighted by molar-refractivity contribution is 7.89. The number of hydrogen-bond donors (Lipinski definition) is 0. The number of aromatic nitrogens is 1. The van der Waals surface area contributed by atoms with Gasteiger partial charge in [0.1, 0.15) is 10.6 Å². The van der Waals surface area contributed by atoms with Gasteiger partial charge in [0.25, 0.3) is 0 Å². The molecule has 0 bridgehead atoms. The van der Waals surface area contributed by atoms with Gasteiger partial charge in [-0.15, -0.1) is 0 Å². The van der Waals surface area contributed by atoms with Gasteiger partial charge in [-0.05, 0) is 38.6 Å². The van der Waals surface area contributed by atoms with Crippen LogP contribution in [0.5, 0.6) is 0 Å². The fourth-order valence-electron chi connectivity index (χ4n) is 3.53. The van der Waals surface area contributed by atoms with Crippen molar-refractivity contribution >= 4 is 15.9 Å². The van der Waals surface area contributed by atoms with E-state index in [1.807, 2.05) is 24.1 Å². The molecule has 1 aromatic carbocycles. The largest absolute Gasteiger partial charge is 0.360 e. The van der Waals surface area contributed by atoms with Crippen LogP contribution < -0.4 is 0 Å².